The Kier molecular flexibility index (Phi) is 8.69. The number of halogens is 2. The molecule has 4 N–H and O–H groups in total. The van der Waals surface area contributed by atoms with Gasteiger partial charge in [-0.2, -0.15) is 0 Å². The van der Waals surface area contributed by atoms with E-state index in [-0.39, 0.29) is 30.8 Å². The molecule has 1 heterocycles. The van der Waals surface area contributed by atoms with Crippen LogP contribution in [-0.2, 0) is 20.7 Å². The fraction of sp³-hybridized carbons (Fsp3) is 0.619. The van der Waals surface area contributed by atoms with Crippen LogP contribution in [0.15, 0.2) is 18.2 Å². The lowest BCUT2D eigenvalue weighted by molar-refractivity contribution is -0.132. The number of hydrogen-bond donors (Lipinski definition) is 4. The summed E-state index contributed by atoms with van der Waals surface area (Å²) in [6.07, 6.45) is -0.172. The highest BCUT2D eigenvalue weighted by Crippen LogP contribution is 2.22. The number of β-amino-alcohol motifs (C(OH)–C–C–N with tert-alkyl or cyclic N) is 1. The lowest BCUT2D eigenvalue weighted by Gasteiger charge is -2.38. The van der Waals surface area contributed by atoms with Gasteiger partial charge >= 0.3 is 0 Å². The second-order valence-corrected chi connectivity index (χ2v) is 8.06. The van der Waals surface area contributed by atoms with Gasteiger partial charge in [-0.25, -0.2) is 8.78 Å². The summed E-state index contributed by atoms with van der Waals surface area (Å²) in [6.45, 7) is 5.86. The van der Waals surface area contributed by atoms with Crippen molar-refractivity contribution in [1.29, 1.82) is 0 Å². The van der Waals surface area contributed by atoms with E-state index < -0.39 is 29.3 Å². The van der Waals surface area contributed by atoms with E-state index in [2.05, 4.69) is 16.0 Å². The quantitative estimate of drug-likeness (QED) is 0.472. The van der Waals surface area contributed by atoms with Crippen molar-refractivity contribution in [2.45, 2.75) is 63.8 Å². The van der Waals surface area contributed by atoms with E-state index in [1.54, 1.807) is 0 Å². The third kappa shape index (κ3) is 7.00. The Hall–Kier alpha value is -2.10. The second-order valence-electron chi connectivity index (χ2n) is 8.06. The van der Waals surface area contributed by atoms with Gasteiger partial charge in [0.1, 0.15) is 17.2 Å². The van der Waals surface area contributed by atoms with Crippen LogP contribution in [0.2, 0.25) is 0 Å². The molecule has 0 saturated carbocycles. The highest BCUT2D eigenvalue weighted by molar-refractivity contribution is 5.86. The third-order valence-corrected chi connectivity index (χ3v) is 5.08. The van der Waals surface area contributed by atoms with Crippen molar-refractivity contribution in [1.82, 2.24) is 16.0 Å². The lowest BCUT2D eigenvalue weighted by Crippen LogP contribution is -2.63. The summed E-state index contributed by atoms with van der Waals surface area (Å²) in [5.41, 5.74) is -0.585. The van der Waals surface area contributed by atoms with Gasteiger partial charge in [0.2, 0.25) is 11.8 Å². The van der Waals surface area contributed by atoms with Crippen LogP contribution < -0.4 is 16.0 Å². The Labute approximate surface area is 175 Å². The van der Waals surface area contributed by atoms with Gasteiger partial charge < -0.3 is 25.8 Å². The van der Waals surface area contributed by atoms with Gasteiger partial charge in [0, 0.05) is 38.8 Å². The number of rotatable bonds is 9. The summed E-state index contributed by atoms with van der Waals surface area (Å²) in [5.74, 6) is -2.01. The summed E-state index contributed by atoms with van der Waals surface area (Å²) < 4.78 is 32.4. The van der Waals surface area contributed by atoms with E-state index >= 15 is 0 Å². The molecule has 0 spiro atoms. The summed E-state index contributed by atoms with van der Waals surface area (Å²) in [6, 6.07) is 2.25. The average Bonchev–Trinajstić information content (AvgIpc) is 2.64. The Morgan fingerprint density at radius 1 is 1.13 bits per heavy atom. The topological polar surface area (TPSA) is 99.7 Å². The molecule has 168 valence electrons. The molecule has 1 aliphatic rings. The molecule has 1 aliphatic heterocycles. The van der Waals surface area contributed by atoms with Gasteiger partial charge in [0.05, 0.1) is 12.1 Å². The van der Waals surface area contributed by atoms with Crippen LogP contribution in [-0.4, -0.2) is 60.4 Å². The molecule has 1 aromatic carbocycles. The van der Waals surface area contributed by atoms with Gasteiger partial charge in [-0.05, 0) is 50.8 Å². The molecule has 0 aromatic heterocycles. The number of nitrogens with one attached hydrogen (secondary N) is 3. The number of hydrogen-bond acceptors (Lipinski definition) is 5. The van der Waals surface area contributed by atoms with E-state index in [1.807, 2.05) is 13.8 Å². The lowest BCUT2D eigenvalue weighted by atomic mass is 9.88. The van der Waals surface area contributed by atoms with Gasteiger partial charge in [-0.15, -0.1) is 0 Å². The van der Waals surface area contributed by atoms with Crippen LogP contribution in [0.4, 0.5) is 8.78 Å². The molecule has 2 rings (SSSR count). The normalized spacial score (nSPS) is 18.0. The van der Waals surface area contributed by atoms with Crippen LogP contribution in [0.25, 0.3) is 0 Å². The maximum absolute atomic E-state index is 13.5. The SMILES string of the molecule is CC(=O)N[C@@H](Cc1cc(F)cc(F)c1)[C@H](O)CNC1(C(=O)NC(C)C)CCOCC1. The fourth-order valence-electron chi connectivity index (χ4n) is 3.57. The second kappa shape index (κ2) is 10.8. The Balaban J connectivity index is 2.11. The van der Waals surface area contributed by atoms with Crippen LogP contribution in [0.3, 0.4) is 0 Å². The summed E-state index contributed by atoms with van der Waals surface area (Å²) in [7, 11) is 0. The molecule has 0 bridgehead atoms. The average molecular weight is 427 g/mol. The standard InChI is InChI=1S/C21H31F2N3O4/c1-13(2)25-20(29)21(4-6-30-7-5-21)24-12-19(28)18(26-14(3)27)10-15-8-16(22)11-17(23)9-15/h8-9,11,13,18-19,24,28H,4-7,10,12H2,1-3H3,(H,25,29)(H,26,27)/t18-,19+/m0/s1. The number of amides is 2. The number of carbonyl (C=O) groups is 2. The minimum atomic E-state index is -1.09. The molecule has 2 amide bonds. The highest BCUT2D eigenvalue weighted by Gasteiger charge is 2.40. The predicted molar refractivity (Wildman–Crippen MR) is 108 cm³/mol. The zero-order valence-corrected chi connectivity index (χ0v) is 17.6. The molecule has 0 aliphatic carbocycles. The smallest absolute Gasteiger partial charge is 0.240 e. The number of carbonyl (C=O) groups excluding carboxylic acids is 2. The minimum Gasteiger partial charge on any atom is -0.390 e. The molecular formula is C21H31F2N3O4. The highest BCUT2D eigenvalue weighted by atomic mass is 19.1. The predicted octanol–water partition coefficient (Wildman–Crippen LogP) is 1.04. The first kappa shape index (κ1) is 24.2. The maximum atomic E-state index is 13.5. The molecule has 1 aromatic rings. The van der Waals surface area contributed by atoms with Crippen LogP contribution in [0, 0.1) is 11.6 Å². The van der Waals surface area contributed by atoms with E-state index in [0.29, 0.717) is 31.6 Å². The Bertz CT molecular complexity index is 719. The molecule has 1 saturated heterocycles. The fourth-order valence-corrected chi connectivity index (χ4v) is 3.57. The van der Waals surface area contributed by atoms with Crippen molar-refractivity contribution in [2.75, 3.05) is 19.8 Å². The van der Waals surface area contributed by atoms with E-state index in [4.69, 9.17) is 4.74 Å². The first-order valence-electron chi connectivity index (χ1n) is 10.1. The Morgan fingerprint density at radius 3 is 2.27 bits per heavy atom. The molecule has 2 atom stereocenters. The number of aliphatic hydroxyl groups excluding tert-OH is 1. The maximum Gasteiger partial charge on any atom is 0.240 e. The zero-order chi connectivity index (χ0) is 22.3. The Morgan fingerprint density at radius 2 is 1.73 bits per heavy atom. The number of ether oxygens (including phenoxy) is 1. The summed E-state index contributed by atoms with van der Waals surface area (Å²) >= 11 is 0. The van der Waals surface area contributed by atoms with Gasteiger partial charge in [-0.3, -0.25) is 9.59 Å². The number of benzene rings is 1. The molecule has 9 heteroatoms. The van der Waals surface area contributed by atoms with Gasteiger partial charge in [0.25, 0.3) is 0 Å². The molecule has 0 unspecified atom stereocenters. The summed E-state index contributed by atoms with van der Waals surface area (Å²) in [4.78, 5) is 24.4. The summed E-state index contributed by atoms with van der Waals surface area (Å²) in [5, 5.41) is 19.4. The van der Waals surface area contributed by atoms with Crippen LogP contribution in [0.5, 0.6) is 0 Å². The number of aliphatic hydroxyl groups is 1. The zero-order valence-electron chi connectivity index (χ0n) is 17.6. The molecule has 30 heavy (non-hydrogen) atoms. The molecular weight excluding hydrogens is 396 g/mol. The van der Waals surface area contributed by atoms with Crippen molar-refractivity contribution in [3.63, 3.8) is 0 Å². The van der Waals surface area contributed by atoms with E-state index in [0.717, 1.165) is 18.2 Å². The first-order valence-corrected chi connectivity index (χ1v) is 10.1. The van der Waals surface area contributed by atoms with Crippen molar-refractivity contribution < 1.29 is 28.2 Å². The van der Waals surface area contributed by atoms with Crippen molar-refractivity contribution in [3.8, 4) is 0 Å². The van der Waals surface area contributed by atoms with Crippen molar-refractivity contribution in [3.05, 3.63) is 35.4 Å². The van der Waals surface area contributed by atoms with Gasteiger partial charge in [-0.1, -0.05) is 0 Å². The van der Waals surface area contributed by atoms with Crippen LogP contribution >= 0.6 is 0 Å². The van der Waals surface area contributed by atoms with Crippen molar-refractivity contribution in [2.24, 2.45) is 0 Å². The van der Waals surface area contributed by atoms with E-state index in [9.17, 15) is 23.5 Å². The molecule has 7 nitrogen and oxygen atoms in total. The molecule has 0 radical (unpaired) electrons. The minimum absolute atomic E-state index is 0.00819. The molecule has 1 fully saturated rings. The first-order chi connectivity index (χ1) is 14.1. The van der Waals surface area contributed by atoms with E-state index in [1.165, 1.54) is 6.92 Å². The third-order valence-electron chi connectivity index (χ3n) is 5.08. The largest absolute Gasteiger partial charge is 0.390 e. The van der Waals surface area contributed by atoms with Gasteiger partial charge in [0.15, 0.2) is 0 Å². The van der Waals surface area contributed by atoms with Crippen molar-refractivity contribution >= 4 is 11.8 Å². The van der Waals surface area contributed by atoms with Crippen LogP contribution in [0.1, 0.15) is 39.2 Å². The monoisotopic (exact) mass is 427 g/mol.